The third kappa shape index (κ3) is 5.65. The van der Waals surface area contributed by atoms with Gasteiger partial charge in [-0.25, -0.2) is 17.9 Å². The van der Waals surface area contributed by atoms with Crippen LogP contribution in [-0.4, -0.2) is 40.2 Å². The molecule has 37 heavy (non-hydrogen) atoms. The van der Waals surface area contributed by atoms with Crippen molar-refractivity contribution in [3.05, 3.63) is 83.4 Å². The van der Waals surface area contributed by atoms with Crippen molar-refractivity contribution < 1.29 is 27.5 Å². The fraction of sp³-hybridized carbons (Fsp3) is 0.192. The number of nitrogens with zero attached hydrogens (tertiary/aromatic N) is 2. The van der Waals surface area contributed by atoms with Gasteiger partial charge in [0.1, 0.15) is 6.04 Å². The number of aryl methyl sites for hydroxylation is 1. The van der Waals surface area contributed by atoms with Crippen molar-refractivity contribution in [3.63, 3.8) is 0 Å². The van der Waals surface area contributed by atoms with E-state index in [-0.39, 0.29) is 18.1 Å². The zero-order chi connectivity index (χ0) is 26.6. The summed E-state index contributed by atoms with van der Waals surface area (Å²) in [4.78, 5) is 27.7. The summed E-state index contributed by atoms with van der Waals surface area (Å²) in [5.74, 6) is 0.483. The molecule has 2 N–H and O–H groups in total. The number of carbonyl (C=O) groups is 2. The first kappa shape index (κ1) is 25.5. The highest BCUT2D eigenvalue weighted by Gasteiger charge is 2.29. The smallest absolute Gasteiger partial charge is 0.329 e. The summed E-state index contributed by atoms with van der Waals surface area (Å²) in [5, 5.41) is 12.0. The maximum Gasteiger partial charge on any atom is 0.329 e. The van der Waals surface area contributed by atoms with E-state index >= 15 is 0 Å². The van der Waals surface area contributed by atoms with Crippen molar-refractivity contribution >= 4 is 27.6 Å². The number of anilines is 1. The molecule has 1 atom stereocenters. The minimum absolute atomic E-state index is 0.0463. The zero-order valence-corrected chi connectivity index (χ0v) is 20.9. The lowest BCUT2D eigenvalue weighted by Crippen LogP contribution is -2.52. The first-order valence-corrected chi connectivity index (χ1v) is 12.7. The number of rotatable bonds is 7. The molecular formula is C26H24N4O6S. The van der Waals surface area contributed by atoms with E-state index in [2.05, 4.69) is 11.4 Å². The Kier molecular flexibility index (Phi) is 7.31. The van der Waals surface area contributed by atoms with Crippen LogP contribution in [0, 0.1) is 18.3 Å². The Morgan fingerprint density at radius 1 is 1.05 bits per heavy atom. The topological polar surface area (TPSA) is 138 Å². The van der Waals surface area contributed by atoms with Crippen LogP contribution < -0.4 is 24.4 Å². The van der Waals surface area contributed by atoms with Gasteiger partial charge < -0.3 is 19.7 Å². The standard InChI is InChI=1S/C26H24N4O6S/c1-17-7-3-6-10-24(17)37(33,34)29-26(32)28-21(13-18-8-4-5-9-19(18)15-27)25(31)30(2)20-11-12-22-23(14-20)36-16-35-22/h3-12,14,21H,13,16H2,1-2H3,(H2,28,29,32)/t21-/m0/s1. The van der Waals surface area contributed by atoms with Crippen molar-refractivity contribution in [3.8, 4) is 17.6 Å². The molecule has 0 spiro atoms. The van der Waals surface area contributed by atoms with Gasteiger partial charge in [0.05, 0.1) is 16.5 Å². The number of nitrogens with one attached hydrogen (secondary N) is 2. The van der Waals surface area contributed by atoms with Crippen molar-refractivity contribution in [1.82, 2.24) is 10.0 Å². The Balaban J connectivity index is 1.60. The Labute approximate surface area is 214 Å². The molecule has 4 rings (SSSR count). The lowest BCUT2D eigenvalue weighted by Gasteiger charge is -2.25. The first-order chi connectivity index (χ1) is 17.7. The molecule has 190 valence electrons. The van der Waals surface area contributed by atoms with E-state index in [1.165, 1.54) is 18.0 Å². The van der Waals surface area contributed by atoms with Crippen LogP contribution in [0.5, 0.6) is 11.5 Å². The van der Waals surface area contributed by atoms with E-state index in [0.717, 1.165) is 0 Å². The van der Waals surface area contributed by atoms with E-state index in [9.17, 15) is 23.3 Å². The van der Waals surface area contributed by atoms with E-state index in [1.54, 1.807) is 67.6 Å². The number of hydrogen-bond donors (Lipinski definition) is 2. The van der Waals surface area contributed by atoms with Gasteiger partial charge in [-0.05, 0) is 42.3 Å². The molecule has 3 aromatic carbocycles. The Morgan fingerprint density at radius 3 is 2.51 bits per heavy atom. The van der Waals surface area contributed by atoms with Gasteiger partial charge in [0.25, 0.3) is 10.0 Å². The number of nitriles is 1. The quantitative estimate of drug-likeness (QED) is 0.489. The molecule has 0 aliphatic carbocycles. The number of benzene rings is 3. The summed E-state index contributed by atoms with van der Waals surface area (Å²) in [5.41, 5.74) is 1.79. The lowest BCUT2D eigenvalue weighted by atomic mass is 10.00. The van der Waals surface area contributed by atoms with Gasteiger partial charge in [-0.2, -0.15) is 5.26 Å². The van der Waals surface area contributed by atoms with Crippen LogP contribution in [0.25, 0.3) is 0 Å². The Morgan fingerprint density at radius 2 is 1.76 bits per heavy atom. The highest BCUT2D eigenvalue weighted by molar-refractivity contribution is 7.90. The summed E-state index contributed by atoms with van der Waals surface area (Å²) in [6, 6.07) is 17.6. The molecule has 10 nitrogen and oxygen atoms in total. The predicted octanol–water partition coefficient (Wildman–Crippen LogP) is 2.86. The third-order valence-corrected chi connectivity index (χ3v) is 7.34. The molecule has 0 unspecified atom stereocenters. The van der Waals surface area contributed by atoms with Gasteiger partial charge in [-0.3, -0.25) is 4.79 Å². The molecule has 11 heteroatoms. The Hall–Kier alpha value is -4.56. The second-order valence-corrected chi connectivity index (χ2v) is 9.96. The highest BCUT2D eigenvalue weighted by Crippen LogP contribution is 2.35. The highest BCUT2D eigenvalue weighted by atomic mass is 32.2. The molecule has 0 saturated heterocycles. The normalized spacial score (nSPS) is 12.8. The van der Waals surface area contributed by atoms with Crippen LogP contribution >= 0.6 is 0 Å². The van der Waals surface area contributed by atoms with Crippen molar-refractivity contribution in [2.24, 2.45) is 0 Å². The minimum atomic E-state index is -4.20. The van der Waals surface area contributed by atoms with Crippen molar-refractivity contribution in [2.75, 3.05) is 18.7 Å². The van der Waals surface area contributed by atoms with Crippen molar-refractivity contribution in [1.29, 1.82) is 5.26 Å². The number of ether oxygens (including phenoxy) is 2. The average Bonchev–Trinajstić information content (AvgIpc) is 3.35. The fourth-order valence-corrected chi connectivity index (χ4v) is 5.07. The summed E-state index contributed by atoms with van der Waals surface area (Å²) in [7, 11) is -2.68. The van der Waals surface area contributed by atoms with Crippen LogP contribution in [0.1, 0.15) is 16.7 Å². The van der Waals surface area contributed by atoms with E-state index in [1.807, 2.05) is 4.72 Å². The number of likely N-dealkylation sites (N-methyl/N-ethyl adjacent to an activating group) is 1. The lowest BCUT2D eigenvalue weighted by molar-refractivity contribution is -0.120. The molecule has 1 heterocycles. The van der Waals surface area contributed by atoms with E-state index in [0.29, 0.717) is 33.9 Å². The van der Waals surface area contributed by atoms with E-state index in [4.69, 9.17) is 9.47 Å². The van der Waals surface area contributed by atoms with Gasteiger partial charge in [0.15, 0.2) is 11.5 Å². The maximum atomic E-state index is 13.6. The SMILES string of the molecule is Cc1ccccc1S(=O)(=O)NC(=O)N[C@@H](Cc1ccccc1C#N)C(=O)N(C)c1ccc2c(c1)OCO2. The van der Waals surface area contributed by atoms with Gasteiger partial charge in [0, 0.05) is 25.2 Å². The molecular weight excluding hydrogens is 496 g/mol. The fourth-order valence-electron chi connectivity index (χ4n) is 3.90. The van der Waals surface area contributed by atoms with Crippen LogP contribution in [0.15, 0.2) is 71.6 Å². The van der Waals surface area contributed by atoms with Gasteiger partial charge >= 0.3 is 6.03 Å². The van der Waals surface area contributed by atoms with Crippen molar-refractivity contribution in [2.45, 2.75) is 24.3 Å². The number of fused-ring (bicyclic) bond motifs is 1. The molecule has 0 bridgehead atoms. The summed E-state index contributed by atoms with van der Waals surface area (Å²) < 4.78 is 38.3. The molecule has 3 amide bonds. The zero-order valence-electron chi connectivity index (χ0n) is 20.1. The first-order valence-electron chi connectivity index (χ1n) is 11.2. The van der Waals surface area contributed by atoms with Crippen LogP contribution in [0.4, 0.5) is 10.5 Å². The largest absolute Gasteiger partial charge is 0.454 e. The molecule has 1 aliphatic heterocycles. The molecule has 1 aliphatic rings. The monoisotopic (exact) mass is 520 g/mol. The molecule has 0 radical (unpaired) electrons. The molecule has 0 fully saturated rings. The number of hydrogen-bond acceptors (Lipinski definition) is 7. The van der Waals surface area contributed by atoms with Gasteiger partial charge in [-0.1, -0.05) is 36.4 Å². The molecule has 0 saturated carbocycles. The second-order valence-electron chi connectivity index (χ2n) is 8.30. The van der Waals surface area contributed by atoms with Crippen LogP contribution in [0.3, 0.4) is 0 Å². The van der Waals surface area contributed by atoms with E-state index < -0.39 is 28.0 Å². The minimum Gasteiger partial charge on any atom is -0.454 e. The number of amides is 3. The number of sulfonamides is 1. The predicted molar refractivity (Wildman–Crippen MR) is 135 cm³/mol. The summed E-state index contributed by atoms with van der Waals surface area (Å²) >= 11 is 0. The number of carbonyl (C=O) groups excluding carboxylic acids is 2. The summed E-state index contributed by atoms with van der Waals surface area (Å²) in [6.07, 6.45) is -0.0463. The number of urea groups is 1. The summed E-state index contributed by atoms with van der Waals surface area (Å²) in [6.45, 7) is 1.68. The third-order valence-electron chi connectivity index (χ3n) is 5.85. The van der Waals surface area contributed by atoms with Crippen LogP contribution in [0.2, 0.25) is 0 Å². The van der Waals surface area contributed by atoms with Crippen LogP contribution in [-0.2, 0) is 21.2 Å². The maximum absolute atomic E-state index is 13.6. The molecule has 0 aromatic heterocycles. The average molecular weight is 521 g/mol. The van der Waals surface area contributed by atoms with Gasteiger partial charge in [0.2, 0.25) is 12.7 Å². The molecule has 3 aromatic rings. The Bertz CT molecular complexity index is 1500. The second kappa shape index (κ2) is 10.6. The van der Waals surface area contributed by atoms with Gasteiger partial charge in [-0.15, -0.1) is 0 Å².